The van der Waals surface area contributed by atoms with Crippen LogP contribution in [0.25, 0.3) is 0 Å². The molecule has 1 amide bonds. The number of aromatic nitrogens is 1. The largest absolute Gasteiger partial charge is 0.357 e. The predicted octanol–water partition coefficient (Wildman–Crippen LogP) is 2.89. The van der Waals surface area contributed by atoms with Gasteiger partial charge in [0.25, 0.3) is 5.91 Å². The highest BCUT2D eigenvalue weighted by atomic mass is 127. The first-order valence-corrected chi connectivity index (χ1v) is 11.1. The minimum atomic E-state index is -0.108. The van der Waals surface area contributed by atoms with E-state index < -0.39 is 0 Å². The normalized spacial score (nSPS) is 16.3. The second-order valence-corrected chi connectivity index (χ2v) is 7.91. The number of aliphatic imine (C=N–C) groups is 1. The van der Waals surface area contributed by atoms with Crippen LogP contribution in [0.2, 0.25) is 0 Å². The molecule has 1 fully saturated rings. The van der Waals surface area contributed by atoms with Gasteiger partial charge in [-0.15, -0.1) is 24.0 Å². The lowest BCUT2D eigenvalue weighted by Gasteiger charge is -2.32. The Morgan fingerprint density at radius 3 is 2.43 bits per heavy atom. The topological polar surface area (TPSA) is 81.7 Å². The minimum absolute atomic E-state index is 0. The minimum Gasteiger partial charge on any atom is -0.357 e. The van der Waals surface area contributed by atoms with Crippen molar-refractivity contribution in [1.82, 2.24) is 25.8 Å². The van der Waals surface area contributed by atoms with Gasteiger partial charge in [0.1, 0.15) is 0 Å². The maximum absolute atomic E-state index is 12.1. The van der Waals surface area contributed by atoms with E-state index in [0.29, 0.717) is 30.6 Å². The summed E-state index contributed by atoms with van der Waals surface area (Å²) in [5.41, 5.74) is 0.574. The molecule has 1 atom stereocenters. The van der Waals surface area contributed by atoms with E-state index in [0.717, 1.165) is 19.0 Å². The molecule has 2 heterocycles. The Hall–Kier alpha value is -1.42. The molecule has 8 heteroatoms. The molecule has 1 aliphatic rings. The molecule has 1 aromatic heterocycles. The van der Waals surface area contributed by atoms with E-state index in [1.54, 1.807) is 24.5 Å². The molecule has 170 valence electrons. The Bertz CT molecular complexity index is 617. The zero-order valence-corrected chi connectivity index (χ0v) is 21.0. The van der Waals surface area contributed by atoms with Crippen molar-refractivity contribution < 1.29 is 4.79 Å². The van der Waals surface area contributed by atoms with Crippen molar-refractivity contribution in [2.75, 3.05) is 39.3 Å². The molecule has 0 saturated carbocycles. The first kappa shape index (κ1) is 26.6. The predicted molar refractivity (Wildman–Crippen MR) is 135 cm³/mol. The third-order valence-electron chi connectivity index (χ3n) is 5.29. The van der Waals surface area contributed by atoms with Gasteiger partial charge in [0.15, 0.2) is 5.96 Å². The van der Waals surface area contributed by atoms with Gasteiger partial charge < -0.3 is 16.0 Å². The number of likely N-dealkylation sites (tertiary alicyclic amines) is 1. The Morgan fingerprint density at radius 1 is 1.13 bits per heavy atom. The van der Waals surface area contributed by atoms with E-state index in [9.17, 15) is 4.79 Å². The van der Waals surface area contributed by atoms with Gasteiger partial charge >= 0.3 is 0 Å². The van der Waals surface area contributed by atoms with Crippen LogP contribution in [0.1, 0.15) is 56.8 Å². The zero-order valence-electron chi connectivity index (χ0n) is 18.7. The summed E-state index contributed by atoms with van der Waals surface area (Å²) in [5.74, 6) is 1.27. The van der Waals surface area contributed by atoms with Crippen molar-refractivity contribution in [3.05, 3.63) is 30.1 Å². The van der Waals surface area contributed by atoms with E-state index in [4.69, 9.17) is 4.99 Å². The van der Waals surface area contributed by atoms with Gasteiger partial charge in [-0.1, -0.05) is 26.7 Å². The van der Waals surface area contributed by atoms with Crippen molar-refractivity contribution >= 4 is 35.8 Å². The number of carbonyl (C=O) groups excluding carboxylic acids is 1. The van der Waals surface area contributed by atoms with Crippen LogP contribution in [0.3, 0.4) is 0 Å². The van der Waals surface area contributed by atoms with Crippen LogP contribution in [0.15, 0.2) is 29.5 Å². The number of carbonyl (C=O) groups is 1. The van der Waals surface area contributed by atoms with Crippen molar-refractivity contribution in [1.29, 1.82) is 0 Å². The molecule has 7 nitrogen and oxygen atoms in total. The van der Waals surface area contributed by atoms with Gasteiger partial charge in [-0.25, -0.2) is 0 Å². The molecule has 30 heavy (non-hydrogen) atoms. The molecule has 0 aromatic carbocycles. The molecule has 1 unspecified atom stereocenters. The van der Waals surface area contributed by atoms with Gasteiger partial charge in [-0.05, 0) is 50.9 Å². The van der Waals surface area contributed by atoms with Crippen LogP contribution in [-0.2, 0) is 0 Å². The molecule has 0 aliphatic carbocycles. The smallest absolute Gasteiger partial charge is 0.252 e. The lowest BCUT2D eigenvalue weighted by Crippen LogP contribution is -2.45. The lowest BCUT2D eigenvalue weighted by molar-refractivity contribution is 0.0954. The first-order valence-electron chi connectivity index (χ1n) is 11.1. The van der Waals surface area contributed by atoms with E-state index in [1.807, 2.05) is 0 Å². The summed E-state index contributed by atoms with van der Waals surface area (Å²) in [7, 11) is 0. The Labute approximate surface area is 198 Å². The summed E-state index contributed by atoms with van der Waals surface area (Å²) in [5, 5.41) is 9.54. The van der Waals surface area contributed by atoms with Crippen LogP contribution in [0.5, 0.6) is 0 Å². The van der Waals surface area contributed by atoms with Gasteiger partial charge in [0.2, 0.25) is 0 Å². The molecule has 1 aromatic rings. The summed E-state index contributed by atoms with van der Waals surface area (Å²) in [6.07, 6.45) is 8.51. The summed E-state index contributed by atoms with van der Waals surface area (Å²) in [6.45, 7) is 11.8. The monoisotopic (exact) mass is 530 g/mol. The molecule has 1 saturated heterocycles. The molecule has 0 bridgehead atoms. The number of pyridine rings is 1. The first-order chi connectivity index (χ1) is 14.1. The molecule has 2 rings (SSSR count). The van der Waals surface area contributed by atoms with Gasteiger partial charge in [0, 0.05) is 38.1 Å². The number of hydrogen-bond donors (Lipinski definition) is 3. The number of nitrogens with one attached hydrogen (secondary N) is 3. The number of hydrogen-bond acceptors (Lipinski definition) is 4. The molecule has 3 N–H and O–H groups in total. The van der Waals surface area contributed by atoms with E-state index in [1.165, 1.54) is 38.8 Å². The molecular weight excluding hydrogens is 491 g/mol. The standard InChI is InChI=1S/C22H38N6O.HI/c1-4-24-22(26-13-12-25-21(29)19-10-9-11-23-16-19)27-17-20(18(2)3)28-14-7-5-6-8-15-28;/h9-11,16,18,20H,4-8,12-15,17H2,1-3H3,(H,25,29)(H2,24,26,27);1H. The van der Waals surface area contributed by atoms with Crippen molar-refractivity contribution in [3.8, 4) is 0 Å². The molecular formula is C22H39IN6O. The SMILES string of the molecule is CCNC(=NCC(C(C)C)N1CCCCCC1)NCCNC(=O)c1cccnc1.I. The third kappa shape index (κ3) is 9.59. The van der Waals surface area contributed by atoms with Crippen LogP contribution < -0.4 is 16.0 Å². The highest BCUT2D eigenvalue weighted by molar-refractivity contribution is 14.0. The number of guanidine groups is 1. The van der Waals surface area contributed by atoms with Crippen molar-refractivity contribution in [2.45, 2.75) is 52.5 Å². The number of rotatable bonds is 9. The number of halogens is 1. The quantitative estimate of drug-likeness (QED) is 0.198. The van der Waals surface area contributed by atoms with Gasteiger partial charge in [-0.3, -0.25) is 19.7 Å². The summed E-state index contributed by atoms with van der Waals surface area (Å²) in [6, 6.07) is 3.99. The average Bonchev–Trinajstić information content (AvgIpc) is 3.01. The maximum Gasteiger partial charge on any atom is 0.252 e. The van der Waals surface area contributed by atoms with Crippen LogP contribution >= 0.6 is 24.0 Å². The molecule has 1 aliphatic heterocycles. The summed E-state index contributed by atoms with van der Waals surface area (Å²) < 4.78 is 0. The number of amides is 1. The summed E-state index contributed by atoms with van der Waals surface area (Å²) >= 11 is 0. The number of nitrogens with zero attached hydrogens (tertiary/aromatic N) is 3. The van der Waals surface area contributed by atoms with E-state index in [-0.39, 0.29) is 29.9 Å². The van der Waals surface area contributed by atoms with Crippen molar-refractivity contribution in [2.24, 2.45) is 10.9 Å². The average molecular weight is 530 g/mol. The van der Waals surface area contributed by atoms with E-state index in [2.05, 4.69) is 46.6 Å². The van der Waals surface area contributed by atoms with Gasteiger partial charge in [0.05, 0.1) is 12.1 Å². The fourth-order valence-electron chi connectivity index (χ4n) is 3.66. The van der Waals surface area contributed by atoms with Crippen LogP contribution in [0, 0.1) is 5.92 Å². The Morgan fingerprint density at radius 2 is 1.83 bits per heavy atom. The van der Waals surface area contributed by atoms with Crippen LogP contribution in [-0.4, -0.2) is 67.1 Å². The highest BCUT2D eigenvalue weighted by Crippen LogP contribution is 2.17. The second-order valence-electron chi connectivity index (χ2n) is 7.91. The van der Waals surface area contributed by atoms with Gasteiger partial charge in [-0.2, -0.15) is 0 Å². The van der Waals surface area contributed by atoms with Crippen molar-refractivity contribution in [3.63, 3.8) is 0 Å². The zero-order chi connectivity index (χ0) is 20.9. The molecule has 0 spiro atoms. The third-order valence-corrected chi connectivity index (χ3v) is 5.29. The lowest BCUT2D eigenvalue weighted by atomic mass is 10.0. The second kappa shape index (κ2) is 15.4. The van der Waals surface area contributed by atoms with E-state index >= 15 is 0 Å². The Kier molecular flexibility index (Phi) is 13.7. The summed E-state index contributed by atoms with van der Waals surface area (Å²) in [4.78, 5) is 23.5. The molecule has 0 radical (unpaired) electrons. The Balaban J connectivity index is 0.00000450. The van der Waals surface area contributed by atoms with Crippen LogP contribution in [0.4, 0.5) is 0 Å². The maximum atomic E-state index is 12.1. The fraction of sp³-hybridized carbons (Fsp3) is 0.682. The fourth-order valence-corrected chi connectivity index (χ4v) is 3.66. The highest BCUT2D eigenvalue weighted by Gasteiger charge is 2.22.